The van der Waals surface area contributed by atoms with Gasteiger partial charge >= 0.3 is 13.8 Å². The van der Waals surface area contributed by atoms with Gasteiger partial charge in [-0.15, -0.1) is 0 Å². The average molecular weight is 735 g/mol. The lowest BCUT2D eigenvalue weighted by Gasteiger charge is -2.20. The van der Waals surface area contributed by atoms with E-state index in [0.717, 1.165) is 51.4 Å². The number of aliphatic hydroxyl groups excluding tert-OH is 2. The number of rotatable bonds is 40. The Morgan fingerprint density at radius 2 is 1.02 bits per heavy atom. The minimum Gasteiger partial charge on any atom is -0.457 e. The van der Waals surface area contributed by atoms with Crippen molar-refractivity contribution in [2.24, 2.45) is 0 Å². The summed E-state index contributed by atoms with van der Waals surface area (Å²) in [4.78, 5) is 22.5. The summed E-state index contributed by atoms with van der Waals surface area (Å²) in [5.41, 5.74) is 0. The van der Waals surface area contributed by atoms with Crippen LogP contribution in [0, 0.1) is 0 Å². The Kier molecular flexibility index (Phi) is 37.3. The van der Waals surface area contributed by atoms with Crippen molar-refractivity contribution in [3.8, 4) is 0 Å². The Morgan fingerprint density at radius 3 is 1.52 bits per heavy atom. The minimum atomic E-state index is -4.51. The molecule has 10 heteroatoms. The first kappa shape index (κ1) is 49.2. The molecule has 0 aromatic rings. The first-order valence-electron chi connectivity index (χ1n) is 20.7. The topological polar surface area (TPSA) is 132 Å². The molecule has 0 radical (unpaired) electrons. The van der Waals surface area contributed by atoms with Gasteiger partial charge < -0.3 is 24.6 Å². The standard InChI is InChI=1S/C40H79O9P/c1-3-5-7-9-11-13-15-17-18-19-21-23-25-27-29-31-33-46-36-39(37-48-50(44,45)47-35-38(42)34-41)49-40(43)32-30-28-26-24-22-20-16-14-12-10-8-6-4-2/h14,16,38-39,41-42H,3-13,15,17-37H2,1-2H3,(H,44,45)/b16-14-/t38-,39+/m0/s1. The smallest absolute Gasteiger partial charge is 0.457 e. The fourth-order valence-corrected chi connectivity index (χ4v) is 6.55. The molecule has 3 N–H and O–H groups in total. The monoisotopic (exact) mass is 735 g/mol. The van der Waals surface area contributed by atoms with Crippen LogP contribution in [-0.2, 0) is 27.9 Å². The highest BCUT2D eigenvalue weighted by atomic mass is 31.2. The number of carbonyl (C=O) groups is 1. The van der Waals surface area contributed by atoms with Gasteiger partial charge in [-0.2, -0.15) is 0 Å². The van der Waals surface area contributed by atoms with E-state index in [4.69, 9.17) is 23.6 Å². The zero-order valence-electron chi connectivity index (χ0n) is 32.4. The average Bonchev–Trinajstić information content (AvgIpc) is 3.10. The molecule has 50 heavy (non-hydrogen) atoms. The van der Waals surface area contributed by atoms with Gasteiger partial charge in [0.1, 0.15) is 12.2 Å². The van der Waals surface area contributed by atoms with Gasteiger partial charge in [-0.3, -0.25) is 13.8 Å². The highest BCUT2D eigenvalue weighted by Crippen LogP contribution is 2.43. The molecule has 9 nitrogen and oxygen atoms in total. The van der Waals surface area contributed by atoms with Crippen LogP contribution in [0.5, 0.6) is 0 Å². The molecule has 0 aromatic heterocycles. The van der Waals surface area contributed by atoms with E-state index in [1.165, 1.54) is 122 Å². The van der Waals surface area contributed by atoms with E-state index in [0.29, 0.717) is 6.61 Å². The summed E-state index contributed by atoms with van der Waals surface area (Å²) < 4.78 is 33.3. The molecule has 0 rings (SSSR count). The molecule has 1 unspecified atom stereocenters. The lowest BCUT2D eigenvalue weighted by molar-refractivity contribution is -0.154. The number of carbonyl (C=O) groups excluding carboxylic acids is 1. The maximum absolute atomic E-state index is 12.6. The van der Waals surface area contributed by atoms with E-state index < -0.39 is 33.2 Å². The SMILES string of the molecule is CCCCCC/C=C\CCCCCCCC(=O)O[C@H](COCCCCCCCCCCCCCCCCCC)COP(=O)(O)OC[C@@H](O)CO. The molecule has 0 spiro atoms. The molecule has 0 saturated carbocycles. The molecular formula is C40H79O9P. The largest absolute Gasteiger partial charge is 0.472 e. The molecule has 0 aliphatic rings. The number of esters is 1. The molecule has 0 saturated heterocycles. The van der Waals surface area contributed by atoms with Crippen molar-refractivity contribution in [1.82, 2.24) is 0 Å². The Balaban J connectivity index is 4.17. The van der Waals surface area contributed by atoms with Gasteiger partial charge in [-0.05, 0) is 38.5 Å². The van der Waals surface area contributed by atoms with Crippen LogP contribution in [0.3, 0.4) is 0 Å². The van der Waals surface area contributed by atoms with Gasteiger partial charge in [0.05, 0.1) is 26.4 Å². The van der Waals surface area contributed by atoms with E-state index >= 15 is 0 Å². The molecule has 0 aliphatic heterocycles. The number of phosphoric ester groups is 1. The van der Waals surface area contributed by atoms with E-state index in [1.54, 1.807) is 0 Å². The lowest BCUT2D eigenvalue weighted by Crippen LogP contribution is -2.29. The lowest BCUT2D eigenvalue weighted by atomic mass is 10.0. The number of aliphatic hydroxyl groups is 2. The summed E-state index contributed by atoms with van der Waals surface area (Å²) in [7, 11) is -4.51. The van der Waals surface area contributed by atoms with Crippen molar-refractivity contribution >= 4 is 13.8 Å². The second-order valence-electron chi connectivity index (χ2n) is 14.0. The molecule has 0 bridgehead atoms. The number of hydrogen-bond donors (Lipinski definition) is 3. The third-order valence-corrected chi connectivity index (χ3v) is 9.90. The summed E-state index contributed by atoms with van der Waals surface area (Å²) in [5.74, 6) is -0.389. The van der Waals surface area contributed by atoms with Gasteiger partial charge in [0.15, 0.2) is 0 Å². The van der Waals surface area contributed by atoms with Gasteiger partial charge in [-0.1, -0.05) is 161 Å². The molecule has 0 aromatic carbocycles. The first-order chi connectivity index (χ1) is 24.3. The predicted octanol–water partition coefficient (Wildman–Crippen LogP) is 10.9. The quantitative estimate of drug-likeness (QED) is 0.0243. The Bertz CT molecular complexity index is 795. The molecule has 0 aliphatic carbocycles. The van der Waals surface area contributed by atoms with Crippen LogP contribution in [0.1, 0.15) is 194 Å². The Hall–Kier alpha value is -0.800. The molecule has 298 valence electrons. The van der Waals surface area contributed by atoms with Crippen molar-refractivity contribution in [2.45, 2.75) is 206 Å². The summed E-state index contributed by atoms with van der Waals surface area (Å²) in [6.07, 6.45) is 35.9. The van der Waals surface area contributed by atoms with Gasteiger partial charge in [0.25, 0.3) is 0 Å². The van der Waals surface area contributed by atoms with Crippen LogP contribution in [0.4, 0.5) is 0 Å². The third-order valence-electron chi connectivity index (χ3n) is 8.95. The highest BCUT2D eigenvalue weighted by Gasteiger charge is 2.26. The van der Waals surface area contributed by atoms with Crippen molar-refractivity contribution in [2.75, 3.05) is 33.0 Å². The number of hydrogen-bond acceptors (Lipinski definition) is 8. The van der Waals surface area contributed by atoms with Crippen LogP contribution in [-0.4, -0.2) is 66.3 Å². The number of allylic oxidation sites excluding steroid dienone is 2. The van der Waals surface area contributed by atoms with E-state index in [-0.39, 0.29) is 25.6 Å². The summed E-state index contributed by atoms with van der Waals surface area (Å²) >= 11 is 0. The highest BCUT2D eigenvalue weighted by molar-refractivity contribution is 7.47. The maximum Gasteiger partial charge on any atom is 0.472 e. The number of ether oxygens (including phenoxy) is 2. The van der Waals surface area contributed by atoms with Gasteiger partial charge in [0, 0.05) is 13.0 Å². The van der Waals surface area contributed by atoms with E-state index in [9.17, 15) is 19.4 Å². The second kappa shape index (κ2) is 37.9. The fraction of sp³-hybridized carbons (Fsp3) is 0.925. The van der Waals surface area contributed by atoms with Crippen LogP contribution in [0.2, 0.25) is 0 Å². The Morgan fingerprint density at radius 1 is 0.600 bits per heavy atom. The zero-order valence-corrected chi connectivity index (χ0v) is 33.3. The van der Waals surface area contributed by atoms with Crippen molar-refractivity contribution in [1.29, 1.82) is 0 Å². The Labute approximate surface area is 307 Å². The molecule has 0 amide bonds. The normalized spacial score (nSPS) is 14.3. The van der Waals surface area contributed by atoms with Crippen molar-refractivity contribution in [3.63, 3.8) is 0 Å². The third kappa shape index (κ3) is 37.0. The van der Waals surface area contributed by atoms with Crippen molar-refractivity contribution < 1.29 is 43.0 Å². The number of phosphoric acid groups is 1. The predicted molar refractivity (Wildman–Crippen MR) is 205 cm³/mol. The molecular weight excluding hydrogens is 655 g/mol. The maximum atomic E-state index is 12.6. The minimum absolute atomic E-state index is 0.0515. The molecule has 0 heterocycles. The van der Waals surface area contributed by atoms with Crippen LogP contribution in [0.15, 0.2) is 12.2 Å². The van der Waals surface area contributed by atoms with Gasteiger partial charge in [0.2, 0.25) is 0 Å². The van der Waals surface area contributed by atoms with Gasteiger partial charge in [-0.25, -0.2) is 4.57 Å². The fourth-order valence-electron chi connectivity index (χ4n) is 5.76. The summed E-state index contributed by atoms with van der Waals surface area (Å²) in [6, 6.07) is 0. The van der Waals surface area contributed by atoms with Crippen LogP contribution < -0.4 is 0 Å². The van der Waals surface area contributed by atoms with Crippen LogP contribution >= 0.6 is 7.82 Å². The second-order valence-corrected chi connectivity index (χ2v) is 15.5. The molecule has 3 atom stereocenters. The van der Waals surface area contributed by atoms with Crippen LogP contribution in [0.25, 0.3) is 0 Å². The molecule has 0 fully saturated rings. The van der Waals surface area contributed by atoms with Crippen molar-refractivity contribution in [3.05, 3.63) is 12.2 Å². The van der Waals surface area contributed by atoms with E-state index in [2.05, 4.69) is 26.0 Å². The first-order valence-corrected chi connectivity index (χ1v) is 22.2. The summed E-state index contributed by atoms with van der Waals surface area (Å²) in [5, 5.41) is 18.3. The number of unbranched alkanes of at least 4 members (excludes halogenated alkanes) is 24. The summed E-state index contributed by atoms with van der Waals surface area (Å²) in [6.45, 7) is 3.52. The van der Waals surface area contributed by atoms with E-state index in [1.807, 2.05) is 0 Å². The zero-order chi connectivity index (χ0) is 36.8.